The van der Waals surface area contributed by atoms with E-state index in [1.165, 1.54) is 5.56 Å². The zero-order valence-corrected chi connectivity index (χ0v) is 10.1. The van der Waals surface area contributed by atoms with Gasteiger partial charge in [0, 0.05) is 12.1 Å². The van der Waals surface area contributed by atoms with Crippen molar-refractivity contribution in [1.82, 2.24) is 5.32 Å². The molecule has 1 saturated carbocycles. The molecule has 3 atom stereocenters. The van der Waals surface area contributed by atoms with Crippen molar-refractivity contribution in [3.63, 3.8) is 0 Å². The molecule has 1 fully saturated rings. The first kappa shape index (κ1) is 12.1. The number of rotatable bonds is 5. The number of carbonyl (C=O) groups is 1. The summed E-state index contributed by atoms with van der Waals surface area (Å²) in [5, 5.41) is 12.5. The van der Waals surface area contributed by atoms with E-state index in [2.05, 4.69) is 24.4 Å². The number of carboxylic acids is 1. The maximum atomic E-state index is 11.0. The van der Waals surface area contributed by atoms with Gasteiger partial charge in [-0.2, -0.15) is 0 Å². The van der Waals surface area contributed by atoms with Crippen LogP contribution in [0, 0.1) is 5.92 Å². The molecule has 1 aliphatic rings. The van der Waals surface area contributed by atoms with Crippen LogP contribution in [0.4, 0.5) is 0 Å². The summed E-state index contributed by atoms with van der Waals surface area (Å²) in [5.41, 5.74) is 1.24. The molecule has 3 unspecified atom stereocenters. The third kappa shape index (κ3) is 2.67. The molecule has 1 aromatic rings. The summed E-state index contributed by atoms with van der Waals surface area (Å²) < 4.78 is 0. The predicted molar refractivity (Wildman–Crippen MR) is 66.8 cm³/mol. The van der Waals surface area contributed by atoms with E-state index in [-0.39, 0.29) is 18.0 Å². The van der Waals surface area contributed by atoms with E-state index in [4.69, 9.17) is 5.11 Å². The highest BCUT2D eigenvalue weighted by molar-refractivity contribution is 5.72. The third-order valence-electron chi connectivity index (χ3n) is 3.62. The fourth-order valence-corrected chi connectivity index (χ4v) is 2.39. The number of nitrogens with one attached hydrogen (secondary N) is 1. The number of benzene rings is 1. The van der Waals surface area contributed by atoms with Crippen molar-refractivity contribution in [3.05, 3.63) is 35.9 Å². The lowest BCUT2D eigenvalue weighted by Gasteiger charge is -2.37. The Morgan fingerprint density at radius 1 is 1.41 bits per heavy atom. The first-order chi connectivity index (χ1) is 8.22. The van der Waals surface area contributed by atoms with Crippen molar-refractivity contribution in [2.45, 2.75) is 38.3 Å². The quantitative estimate of drug-likeness (QED) is 0.821. The Balaban J connectivity index is 1.99. The molecular weight excluding hydrogens is 214 g/mol. The van der Waals surface area contributed by atoms with Gasteiger partial charge in [-0.25, -0.2) is 0 Å². The lowest BCUT2D eigenvalue weighted by Crippen LogP contribution is -2.48. The molecule has 0 saturated heterocycles. The first-order valence-corrected chi connectivity index (χ1v) is 6.26. The van der Waals surface area contributed by atoms with Crippen molar-refractivity contribution in [2.75, 3.05) is 0 Å². The summed E-state index contributed by atoms with van der Waals surface area (Å²) in [6.07, 6.45) is 2.76. The van der Waals surface area contributed by atoms with Gasteiger partial charge < -0.3 is 10.4 Å². The van der Waals surface area contributed by atoms with E-state index < -0.39 is 5.97 Å². The Kier molecular flexibility index (Phi) is 3.79. The molecule has 92 valence electrons. The predicted octanol–water partition coefficient (Wildman–Crippen LogP) is 2.59. The summed E-state index contributed by atoms with van der Waals surface area (Å²) in [7, 11) is 0. The van der Waals surface area contributed by atoms with E-state index in [1.807, 2.05) is 18.2 Å². The van der Waals surface area contributed by atoms with E-state index in [0.29, 0.717) is 0 Å². The molecule has 0 aromatic heterocycles. The van der Waals surface area contributed by atoms with Crippen LogP contribution in [0.5, 0.6) is 0 Å². The van der Waals surface area contributed by atoms with E-state index in [9.17, 15) is 4.79 Å². The Labute approximate surface area is 102 Å². The average molecular weight is 233 g/mol. The normalized spacial score (nSPS) is 25.0. The van der Waals surface area contributed by atoms with Crippen molar-refractivity contribution in [3.8, 4) is 0 Å². The number of carboxylic acid groups (broad SMARTS) is 1. The summed E-state index contributed by atoms with van der Waals surface area (Å²) in [6.45, 7) is 2.12. The number of aliphatic carboxylic acids is 1. The lowest BCUT2D eigenvalue weighted by molar-refractivity contribution is -0.146. The molecule has 0 radical (unpaired) electrons. The van der Waals surface area contributed by atoms with Crippen LogP contribution in [0.15, 0.2) is 30.3 Å². The second-order valence-corrected chi connectivity index (χ2v) is 4.67. The van der Waals surface area contributed by atoms with Crippen LogP contribution in [-0.2, 0) is 4.79 Å². The molecule has 0 spiro atoms. The van der Waals surface area contributed by atoms with Crippen molar-refractivity contribution in [2.24, 2.45) is 5.92 Å². The SMILES string of the molecule is CCC(NC1CCC1C(=O)O)c1ccccc1. The average Bonchev–Trinajstić information content (AvgIpc) is 2.29. The monoisotopic (exact) mass is 233 g/mol. The second-order valence-electron chi connectivity index (χ2n) is 4.67. The number of hydrogen-bond donors (Lipinski definition) is 2. The fraction of sp³-hybridized carbons (Fsp3) is 0.500. The smallest absolute Gasteiger partial charge is 0.308 e. The van der Waals surface area contributed by atoms with Gasteiger partial charge in [-0.15, -0.1) is 0 Å². The summed E-state index contributed by atoms with van der Waals surface area (Å²) >= 11 is 0. The van der Waals surface area contributed by atoms with Crippen molar-refractivity contribution >= 4 is 5.97 Å². The molecule has 0 aliphatic heterocycles. The maximum Gasteiger partial charge on any atom is 0.308 e. The Morgan fingerprint density at radius 3 is 2.59 bits per heavy atom. The van der Waals surface area contributed by atoms with Gasteiger partial charge in [0.2, 0.25) is 0 Å². The van der Waals surface area contributed by atoms with Gasteiger partial charge in [0.1, 0.15) is 0 Å². The molecule has 2 N–H and O–H groups in total. The van der Waals surface area contributed by atoms with Crippen LogP contribution >= 0.6 is 0 Å². The molecule has 0 amide bonds. The van der Waals surface area contributed by atoms with Gasteiger partial charge in [-0.1, -0.05) is 37.3 Å². The summed E-state index contributed by atoms with van der Waals surface area (Å²) in [6, 6.07) is 10.6. The molecule has 1 aliphatic carbocycles. The van der Waals surface area contributed by atoms with Gasteiger partial charge in [0.05, 0.1) is 5.92 Å². The minimum absolute atomic E-state index is 0.137. The zero-order valence-electron chi connectivity index (χ0n) is 10.1. The van der Waals surface area contributed by atoms with Gasteiger partial charge in [0.15, 0.2) is 0 Å². The molecule has 3 heteroatoms. The Hall–Kier alpha value is -1.35. The zero-order chi connectivity index (χ0) is 12.3. The highest BCUT2D eigenvalue weighted by Crippen LogP contribution is 2.30. The van der Waals surface area contributed by atoms with Crippen molar-refractivity contribution < 1.29 is 9.90 Å². The Morgan fingerprint density at radius 2 is 2.12 bits per heavy atom. The largest absolute Gasteiger partial charge is 0.481 e. The van der Waals surface area contributed by atoms with Gasteiger partial charge in [-0.05, 0) is 24.8 Å². The summed E-state index contributed by atoms with van der Waals surface area (Å²) in [5.74, 6) is -0.871. The molecule has 17 heavy (non-hydrogen) atoms. The van der Waals surface area contributed by atoms with Gasteiger partial charge in [0.25, 0.3) is 0 Å². The van der Waals surface area contributed by atoms with Crippen LogP contribution in [0.2, 0.25) is 0 Å². The van der Waals surface area contributed by atoms with Gasteiger partial charge >= 0.3 is 5.97 Å². The van der Waals surface area contributed by atoms with Crippen molar-refractivity contribution in [1.29, 1.82) is 0 Å². The first-order valence-electron chi connectivity index (χ1n) is 6.26. The molecular formula is C14H19NO2. The van der Waals surface area contributed by atoms with Crippen LogP contribution < -0.4 is 5.32 Å². The Bertz CT molecular complexity index is 377. The van der Waals surface area contributed by atoms with Crippen LogP contribution in [0.3, 0.4) is 0 Å². The summed E-state index contributed by atoms with van der Waals surface area (Å²) in [4.78, 5) is 11.0. The van der Waals surface area contributed by atoms with Gasteiger partial charge in [-0.3, -0.25) is 4.79 Å². The third-order valence-corrected chi connectivity index (χ3v) is 3.62. The molecule has 0 heterocycles. The van der Waals surface area contributed by atoms with E-state index >= 15 is 0 Å². The standard InChI is InChI=1S/C14H19NO2/c1-2-12(10-6-4-3-5-7-10)15-13-9-8-11(13)14(16)17/h3-7,11-13,15H,2,8-9H2,1H3,(H,16,17). The molecule has 1 aromatic carbocycles. The highest BCUT2D eigenvalue weighted by Gasteiger charge is 2.37. The highest BCUT2D eigenvalue weighted by atomic mass is 16.4. The second kappa shape index (κ2) is 5.32. The van der Waals surface area contributed by atoms with Crippen LogP contribution in [0.25, 0.3) is 0 Å². The minimum atomic E-state index is -0.670. The van der Waals surface area contributed by atoms with E-state index in [0.717, 1.165) is 19.3 Å². The number of hydrogen-bond acceptors (Lipinski definition) is 2. The molecule has 2 rings (SSSR count). The van der Waals surface area contributed by atoms with E-state index in [1.54, 1.807) is 0 Å². The minimum Gasteiger partial charge on any atom is -0.481 e. The van der Waals surface area contributed by atoms with Crippen LogP contribution in [-0.4, -0.2) is 17.1 Å². The maximum absolute atomic E-state index is 11.0. The lowest BCUT2D eigenvalue weighted by atomic mass is 9.79. The fourth-order valence-electron chi connectivity index (χ4n) is 2.39. The molecule has 3 nitrogen and oxygen atoms in total. The van der Waals surface area contributed by atoms with Crippen LogP contribution in [0.1, 0.15) is 37.8 Å². The topological polar surface area (TPSA) is 49.3 Å². The molecule has 0 bridgehead atoms.